The molecule has 0 fully saturated rings. The van der Waals surface area contributed by atoms with Gasteiger partial charge in [0.2, 0.25) is 10.0 Å². The molecular weight excluding hydrogens is 266 g/mol. The zero-order valence-corrected chi connectivity index (χ0v) is 12.4. The SMILES string of the molecule is COCCN(CCO)S(=O)(=O)c1cc(C)cc(C)c1. The van der Waals surface area contributed by atoms with Crippen LogP contribution < -0.4 is 0 Å². The van der Waals surface area contributed by atoms with E-state index in [0.29, 0.717) is 6.61 Å². The van der Waals surface area contributed by atoms with Crippen LogP contribution in [-0.4, -0.2) is 51.2 Å². The van der Waals surface area contributed by atoms with Gasteiger partial charge in [-0.2, -0.15) is 4.31 Å². The van der Waals surface area contributed by atoms with Gasteiger partial charge in [-0.3, -0.25) is 0 Å². The molecule has 5 nitrogen and oxygen atoms in total. The van der Waals surface area contributed by atoms with E-state index in [4.69, 9.17) is 9.84 Å². The third kappa shape index (κ3) is 4.28. The topological polar surface area (TPSA) is 66.8 Å². The Morgan fingerprint density at radius 2 is 1.74 bits per heavy atom. The van der Waals surface area contributed by atoms with E-state index in [1.54, 1.807) is 12.1 Å². The van der Waals surface area contributed by atoms with Crippen LogP contribution >= 0.6 is 0 Å². The Bertz CT molecular complexity index is 493. The van der Waals surface area contributed by atoms with E-state index in [1.807, 2.05) is 19.9 Å². The number of aliphatic hydroxyl groups excluding tert-OH is 1. The van der Waals surface area contributed by atoms with E-state index in [1.165, 1.54) is 11.4 Å². The minimum Gasteiger partial charge on any atom is -0.395 e. The van der Waals surface area contributed by atoms with Crippen LogP contribution in [0.25, 0.3) is 0 Å². The van der Waals surface area contributed by atoms with Crippen molar-refractivity contribution in [2.45, 2.75) is 18.7 Å². The van der Waals surface area contributed by atoms with Gasteiger partial charge in [-0.1, -0.05) is 6.07 Å². The van der Waals surface area contributed by atoms with E-state index in [0.717, 1.165) is 11.1 Å². The van der Waals surface area contributed by atoms with Gasteiger partial charge in [0.15, 0.2) is 0 Å². The van der Waals surface area contributed by atoms with Crippen molar-refractivity contribution in [1.82, 2.24) is 4.31 Å². The molecule has 0 heterocycles. The summed E-state index contributed by atoms with van der Waals surface area (Å²) in [5.74, 6) is 0. The van der Waals surface area contributed by atoms with Crippen LogP contribution in [0.3, 0.4) is 0 Å². The summed E-state index contributed by atoms with van der Waals surface area (Å²) in [6.07, 6.45) is 0. The van der Waals surface area contributed by atoms with Crippen LogP contribution in [-0.2, 0) is 14.8 Å². The Labute approximate surface area is 114 Å². The number of aliphatic hydroxyl groups is 1. The molecule has 0 atom stereocenters. The average Bonchev–Trinajstić information content (AvgIpc) is 2.33. The summed E-state index contributed by atoms with van der Waals surface area (Å²) in [6, 6.07) is 5.20. The molecule has 19 heavy (non-hydrogen) atoms. The second-order valence-corrected chi connectivity index (χ2v) is 6.38. The molecule has 0 bridgehead atoms. The Balaban J connectivity index is 3.10. The molecule has 0 saturated carbocycles. The van der Waals surface area contributed by atoms with Gasteiger partial charge >= 0.3 is 0 Å². The summed E-state index contributed by atoms with van der Waals surface area (Å²) >= 11 is 0. The molecule has 0 aromatic heterocycles. The fraction of sp³-hybridized carbons (Fsp3) is 0.538. The first-order valence-corrected chi connectivity index (χ1v) is 7.54. The molecule has 0 amide bonds. The highest BCUT2D eigenvalue weighted by Gasteiger charge is 2.24. The lowest BCUT2D eigenvalue weighted by molar-refractivity contribution is 0.168. The lowest BCUT2D eigenvalue weighted by Crippen LogP contribution is -2.36. The number of rotatable bonds is 7. The number of ether oxygens (including phenoxy) is 1. The highest BCUT2D eigenvalue weighted by molar-refractivity contribution is 7.89. The van der Waals surface area contributed by atoms with Gasteiger partial charge in [-0.15, -0.1) is 0 Å². The fourth-order valence-electron chi connectivity index (χ4n) is 1.89. The van der Waals surface area contributed by atoms with Gasteiger partial charge in [-0.25, -0.2) is 8.42 Å². The summed E-state index contributed by atoms with van der Waals surface area (Å²) in [6.45, 7) is 4.10. The predicted octanol–water partition coefficient (Wildman–Crippen LogP) is 0.933. The van der Waals surface area contributed by atoms with Crippen molar-refractivity contribution >= 4 is 10.0 Å². The van der Waals surface area contributed by atoms with Gasteiger partial charge in [0.25, 0.3) is 0 Å². The predicted molar refractivity (Wildman–Crippen MR) is 73.6 cm³/mol. The number of hydrogen-bond donors (Lipinski definition) is 1. The normalized spacial score (nSPS) is 12.1. The number of hydrogen-bond acceptors (Lipinski definition) is 4. The number of nitrogens with zero attached hydrogens (tertiary/aromatic N) is 1. The van der Waals surface area contributed by atoms with Crippen LogP contribution in [0.4, 0.5) is 0 Å². The van der Waals surface area contributed by atoms with Crippen LogP contribution in [0.2, 0.25) is 0 Å². The van der Waals surface area contributed by atoms with Crippen molar-refractivity contribution in [2.24, 2.45) is 0 Å². The van der Waals surface area contributed by atoms with E-state index < -0.39 is 10.0 Å². The lowest BCUT2D eigenvalue weighted by Gasteiger charge is -2.21. The van der Waals surface area contributed by atoms with Crippen molar-refractivity contribution in [3.05, 3.63) is 29.3 Å². The molecule has 0 aliphatic rings. The van der Waals surface area contributed by atoms with Crippen LogP contribution in [0.15, 0.2) is 23.1 Å². The zero-order valence-electron chi connectivity index (χ0n) is 11.6. The van der Waals surface area contributed by atoms with Crippen molar-refractivity contribution in [3.8, 4) is 0 Å². The first-order valence-electron chi connectivity index (χ1n) is 6.10. The zero-order chi connectivity index (χ0) is 14.5. The molecule has 0 aliphatic carbocycles. The standard InChI is InChI=1S/C13H21NO4S/c1-11-8-12(2)10-13(9-11)19(16,17)14(4-6-15)5-7-18-3/h8-10,15H,4-7H2,1-3H3. The minimum absolute atomic E-state index is 0.0681. The number of methoxy groups -OCH3 is 1. The maximum Gasteiger partial charge on any atom is 0.243 e. The highest BCUT2D eigenvalue weighted by atomic mass is 32.2. The number of sulfonamides is 1. The molecule has 1 aromatic rings. The summed E-state index contributed by atoms with van der Waals surface area (Å²) in [4.78, 5) is 0.259. The molecular formula is C13H21NO4S. The molecule has 1 N–H and O–H groups in total. The maximum atomic E-state index is 12.5. The molecule has 6 heteroatoms. The molecule has 0 saturated heterocycles. The molecule has 1 rings (SSSR count). The molecule has 0 aliphatic heterocycles. The Kier molecular flexibility index (Phi) is 5.93. The van der Waals surface area contributed by atoms with Gasteiger partial charge in [-0.05, 0) is 37.1 Å². The molecule has 108 valence electrons. The first kappa shape index (κ1) is 16.1. The average molecular weight is 287 g/mol. The quantitative estimate of drug-likeness (QED) is 0.810. The summed E-state index contributed by atoms with van der Waals surface area (Å²) < 4.78 is 31.1. The first-order chi connectivity index (χ1) is 8.91. The van der Waals surface area contributed by atoms with Crippen molar-refractivity contribution < 1.29 is 18.3 Å². The third-order valence-corrected chi connectivity index (χ3v) is 4.60. The minimum atomic E-state index is -3.59. The second-order valence-electron chi connectivity index (χ2n) is 4.44. The second kappa shape index (κ2) is 7.00. The highest BCUT2D eigenvalue weighted by Crippen LogP contribution is 2.18. The summed E-state index contributed by atoms with van der Waals surface area (Å²) in [5.41, 5.74) is 1.79. The fourth-order valence-corrected chi connectivity index (χ4v) is 3.49. The van der Waals surface area contributed by atoms with Gasteiger partial charge < -0.3 is 9.84 Å². The Morgan fingerprint density at radius 3 is 2.21 bits per heavy atom. The largest absolute Gasteiger partial charge is 0.395 e. The number of aryl methyl sites for hydroxylation is 2. The maximum absolute atomic E-state index is 12.5. The van der Waals surface area contributed by atoms with Gasteiger partial charge in [0, 0.05) is 20.2 Å². The van der Waals surface area contributed by atoms with E-state index in [9.17, 15) is 8.42 Å². The van der Waals surface area contributed by atoms with E-state index in [2.05, 4.69) is 0 Å². The van der Waals surface area contributed by atoms with Gasteiger partial charge in [0.1, 0.15) is 0 Å². The van der Waals surface area contributed by atoms with Crippen molar-refractivity contribution in [3.63, 3.8) is 0 Å². The third-order valence-electron chi connectivity index (χ3n) is 2.73. The van der Waals surface area contributed by atoms with Crippen LogP contribution in [0, 0.1) is 13.8 Å². The van der Waals surface area contributed by atoms with Crippen molar-refractivity contribution in [2.75, 3.05) is 33.4 Å². The monoisotopic (exact) mass is 287 g/mol. The smallest absolute Gasteiger partial charge is 0.243 e. The van der Waals surface area contributed by atoms with Crippen LogP contribution in [0.1, 0.15) is 11.1 Å². The summed E-state index contributed by atoms with van der Waals surface area (Å²) in [5, 5.41) is 9.01. The van der Waals surface area contributed by atoms with E-state index in [-0.39, 0.29) is 24.6 Å². The molecule has 0 unspecified atom stereocenters. The van der Waals surface area contributed by atoms with Crippen molar-refractivity contribution in [1.29, 1.82) is 0 Å². The van der Waals surface area contributed by atoms with Crippen LogP contribution in [0.5, 0.6) is 0 Å². The number of benzene rings is 1. The van der Waals surface area contributed by atoms with Gasteiger partial charge in [0.05, 0.1) is 18.1 Å². The Hall–Kier alpha value is -0.950. The molecule has 1 aromatic carbocycles. The summed E-state index contributed by atoms with van der Waals surface area (Å²) in [7, 11) is -2.07. The molecule has 0 spiro atoms. The lowest BCUT2D eigenvalue weighted by atomic mass is 10.2. The Morgan fingerprint density at radius 1 is 1.16 bits per heavy atom. The van der Waals surface area contributed by atoms with E-state index >= 15 is 0 Å². The molecule has 0 radical (unpaired) electrons.